The monoisotopic (exact) mass is 370 g/mol. The number of nitriles is 1. The molecule has 5 atom stereocenters. The summed E-state index contributed by atoms with van der Waals surface area (Å²) in [5.41, 5.74) is 0. The van der Waals surface area contributed by atoms with Crippen LogP contribution in [-0.4, -0.2) is 68.8 Å². The number of hydrogen-bond donors (Lipinski definition) is 2. The van der Waals surface area contributed by atoms with Crippen molar-refractivity contribution in [3.63, 3.8) is 0 Å². The molecule has 9 nitrogen and oxygen atoms in total. The number of hydrogen-bond acceptors (Lipinski definition) is 7. The summed E-state index contributed by atoms with van der Waals surface area (Å²) < 4.78 is 29.4. The van der Waals surface area contributed by atoms with Crippen molar-refractivity contribution >= 4 is 21.8 Å². The normalized spacial score (nSPS) is 34.1. The summed E-state index contributed by atoms with van der Waals surface area (Å²) in [5, 5.41) is 12.4. The molecule has 2 N–H and O–H groups in total. The topological polar surface area (TPSA) is 129 Å². The van der Waals surface area contributed by atoms with Gasteiger partial charge in [-0.05, 0) is 31.6 Å². The van der Waals surface area contributed by atoms with Crippen LogP contribution < -0.4 is 10.0 Å². The highest BCUT2D eigenvalue weighted by molar-refractivity contribution is 7.89. The number of ether oxygens (including phenoxy) is 1. The van der Waals surface area contributed by atoms with Gasteiger partial charge in [0.15, 0.2) is 0 Å². The lowest BCUT2D eigenvalue weighted by Crippen LogP contribution is -2.54. The van der Waals surface area contributed by atoms with Crippen LogP contribution in [-0.2, 0) is 24.3 Å². The minimum atomic E-state index is -3.59. The average Bonchev–Trinajstić information content (AvgIpc) is 3.24. The van der Waals surface area contributed by atoms with E-state index < -0.39 is 15.9 Å². The third-order valence-electron chi connectivity index (χ3n) is 5.08. The number of rotatable bonds is 5. The van der Waals surface area contributed by atoms with Gasteiger partial charge in [0.1, 0.15) is 12.6 Å². The zero-order valence-corrected chi connectivity index (χ0v) is 14.8. The maximum atomic E-state index is 12.7. The lowest BCUT2D eigenvalue weighted by molar-refractivity contribution is -0.136. The largest absolute Gasteiger partial charge is 0.367 e. The highest BCUT2D eigenvalue weighted by atomic mass is 32.2. The van der Waals surface area contributed by atoms with Crippen LogP contribution in [0.1, 0.15) is 25.7 Å². The van der Waals surface area contributed by atoms with E-state index in [4.69, 9.17) is 10.00 Å². The second kappa shape index (κ2) is 6.90. The van der Waals surface area contributed by atoms with Crippen molar-refractivity contribution in [3.8, 4) is 6.07 Å². The van der Waals surface area contributed by atoms with Gasteiger partial charge in [-0.25, -0.2) is 8.42 Å². The minimum Gasteiger partial charge on any atom is -0.367 e. The van der Waals surface area contributed by atoms with Gasteiger partial charge in [-0.15, -0.1) is 0 Å². The molecule has 10 heteroatoms. The summed E-state index contributed by atoms with van der Waals surface area (Å²) in [7, 11) is -3.59. The van der Waals surface area contributed by atoms with E-state index in [1.54, 1.807) is 4.90 Å². The molecule has 3 fully saturated rings. The number of carbonyl (C=O) groups is 2. The Morgan fingerprint density at radius 2 is 2.16 bits per heavy atom. The molecule has 0 spiro atoms. The summed E-state index contributed by atoms with van der Waals surface area (Å²) >= 11 is 0. The van der Waals surface area contributed by atoms with E-state index in [2.05, 4.69) is 11.4 Å². The first-order valence-corrected chi connectivity index (χ1v) is 10.3. The van der Waals surface area contributed by atoms with Gasteiger partial charge in [0.25, 0.3) is 5.91 Å². The smallest absolute Gasteiger partial charge is 0.259 e. The molecule has 2 saturated heterocycles. The predicted molar refractivity (Wildman–Crippen MR) is 86.5 cm³/mol. The fourth-order valence-corrected chi connectivity index (χ4v) is 4.54. The van der Waals surface area contributed by atoms with Crippen LogP contribution in [0.2, 0.25) is 0 Å². The summed E-state index contributed by atoms with van der Waals surface area (Å²) in [6, 6.07) is 1.51. The third-order valence-corrected chi connectivity index (χ3v) is 5.68. The molecule has 0 aromatic rings. The lowest BCUT2D eigenvalue weighted by atomic mass is 9.97. The van der Waals surface area contributed by atoms with Gasteiger partial charge in [0, 0.05) is 12.6 Å². The maximum absolute atomic E-state index is 12.7. The minimum absolute atomic E-state index is 0.0233. The number of nitrogens with one attached hydrogen (secondary N) is 2. The van der Waals surface area contributed by atoms with Gasteiger partial charge in [-0.1, -0.05) is 0 Å². The number of sulfonamides is 1. The van der Waals surface area contributed by atoms with Crippen molar-refractivity contribution in [2.24, 2.45) is 5.92 Å². The Morgan fingerprint density at radius 3 is 2.76 bits per heavy atom. The molecule has 2 bridgehead atoms. The zero-order valence-electron chi connectivity index (χ0n) is 14.0. The van der Waals surface area contributed by atoms with Crippen LogP contribution in [0.5, 0.6) is 0 Å². The molecule has 2 amide bonds. The molecule has 2 heterocycles. The molecule has 0 aromatic heterocycles. The van der Waals surface area contributed by atoms with Crippen molar-refractivity contribution < 1.29 is 22.7 Å². The first-order valence-electron chi connectivity index (χ1n) is 8.37. The Hall–Kier alpha value is -1.70. The highest BCUT2D eigenvalue weighted by Crippen LogP contribution is 2.38. The molecule has 0 aromatic carbocycles. The number of piperidine rings is 1. The van der Waals surface area contributed by atoms with Crippen molar-refractivity contribution in [3.05, 3.63) is 0 Å². The van der Waals surface area contributed by atoms with Crippen LogP contribution in [0.3, 0.4) is 0 Å². The fourth-order valence-electron chi connectivity index (χ4n) is 4.07. The Labute approximate surface area is 146 Å². The SMILES string of the molecule is CS(=O)(=O)NC(=O)CO[C@@H]1C[C@@H]2C[C@H]1N[C@@H]2C(=O)N1CCC[C@H]1C#N. The Balaban J connectivity index is 1.50. The molecule has 0 unspecified atom stereocenters. The summed E-state index contributed by atoms with van der Waals surface area (Å²) in [5.74, 6) is -0.614. The number of carbonyl (C=O) groups excluding carboxylic acids is 2. The van der Waals surface area contributed by atoms with Crippen molar-refractivity contribution in [2.45, 2.75) is 49.9 Å². The lowest BCUT2D eigenvalue weighted by Gasteiger charge is -2.32. The fraction of sp³-hybridized carbons (Fsp3) is 0.800. The van der Waals surface area contributed by atoms with E-state index >= 15 is 0 Å². The second-order valence-electron chi connectivity index (χ2n) is 6.95. The first kappa shape index (κ1) is 18.1. The Bertz CT molecular complexity index is 703. The van der Waals surface area contributed by atoms with E-state index in [0.29, 0.717) is 13.0 Å². The molecular formula is C15H22N4O5S. The van der Waals surface area contributed by atoms with Crippen LogP contribution in [0.15, 0.2) is 0 Å². The van der Waals surface area contributed by atoms with E-state index in [1.165, 1.54) is 0 Å². The average molecular weight is 370 g/mol. The Kier molecular flexibility index (Phi) is 4.99. The van der Waals surface area contributed by atoms with Gasteiger partial charge in [-0.3, -0.25) is 14.3 Å². The number of likely N-dealkylation sites (tertiary alicyclic amines) is 1. The van der Waals surface area contributed by atoms with Gasteiger partial charge in [-0.2, -0.15) is 5.26 Å². The summed E-state index contributed by atoms with van der Waals surface area (Å²) in [6.07, 6.45) is 3.69. The molecule has 2 aliphatic heterocycles. The molecule has 138 valence electrons. The first-order chi connectivity index (χ1) is 11.8. The summed E-state index contributed by atoms with van der Waals surface area (Å²) in [4.78, 5) is 25.8. The quantitative estimate of drug-likeness (QED) is 0.616. The van der Waals surface area contributed by atoms with Crippen molar-refractivity contribution in [1.82, 2.24) is 14.9 Å². The molecular weight excluding hydrogens is 348 g/mol. The molecule has 0 radical (unpaired) electrons. The Morgan fingerprint density at radius 1 is 1.40 bits per heavy atom. The van der Waals surface area contributed by atoms with E-state index in [9.17, 15) is 18.0 Å². The molecule has 3 aliphatic rings. The van der Waals surface area contributed by atoms with Crippen LogP contribution >= 0.6 is 0 Å². The third kappa shape index (κ3) is 3.94. The molecule has 3 rings (SSSR count). The van der Waals surface area contributed by atoms with E-state index in [0.717, 1.165) is 25.5 Å². The van der Waals surface area contributed by atoms with Crippen molar-refractivity contribution in [1.29, 1.82) is 5.26 Å². The molecule has 25 heavy (non-hydrogen) atoms. The number of fused-ring (bicyclic) bond motifs is 2. The maximum Gasteiger partial charge on any atom is 0.259 e. The number of nitrogens with zero attached hydrogens (tertiary/aromatic N) is 2. The van der Waals surface area contributed by atoms with Gasteiger partial charge in [0.2, 0.25) is 15.9 Å². The standard InChI is InChI=1S/C15H22N4O5S/c1-25(22,23)18-13(20)8-24-12-6-9-5-11(12)17-14(9)15(21)19-4-2-3-10(19)7-16/h9-12,14,17H,2-6,8H2,1H3,(H,18,20)/t9-,10-,11+,12+,14-/m0/s1. The predicted octanol–water partition coefficient (Wildman–Crippen LogP) is -1.29. The van der Waals surface area contributed by atoms with Crippen LogP contribution in [0.4, 0.5) is 0 Å². The molecule has 1 saturated carbocycles. The van der Waals surface area contributed by atoms with Crippen LogP contribution in [0, 0.1) is 17.2 Å². The van der Waals surface area contributed by atoms with Gasteiger partial charge >= 0.3 is 0 Å². The van der Waals surface area contributed by atoms with Gasteiger partial charge in [0.05, 0.1) is 24.5 Å². The highest BCUT2D eigenvalue weighted by Gasteiger charge is 2.50. The zero-order chi connectivity index (χ0) is 18.2. The summed E-state index contributed by atoms with van der Waals surface area (Å²) in [6.45, 7) is 0.294. The molecule has 1 aliphatic carbocycles. The van der Waals surface area contributed by atoms with Crippen LogP contribution in [0.25, 0.3) is 0 Å². The van der Waals surface area contributed by atoms with E-state index in [-0.39, 0.29) is 42.7 Å². The van der Waals surface area contributed by atoms with E-state index in [1.807, 2.05) is 4.72 Å². The van der Waals surface area contributed by atoms with Gasteiger partial charge < -0.3 is 15.0 Å². The van der Waals surface area contributed by atoms with Crippen molar-refractivity contribution in [2.75, 3.05) is 19.4 Å². The second-order valence-corrected chi connectivity index (χ2v) is 8.70. The number of amides is 2.